The lowest BCUT2D eigenvalue weighted by Crippen LogP contribution is -2.26. The standard InChI is InChI=1S/C14H23N3O2/c1-6-15-11(9-7-14(9,2)3)12-13(19-5)17-10(18-4)8-16-12/h8-9,11,15H,6-7H2,1-5H3. The number of nitrogens with zero attached hydrogens (tertiary/aromatic N) is 2. The largest absolute Gasteiger partial charge is 0.480 e. The van der Waals surface area contributed by atoms with E-state index in [1.54, 1.807) is 20.4 Å². The Hall–Kier alpha value is -1.36. The molecule has 1 fully saturated rings. The molecular formula is C14H23N3O2. The second-order valence-corrected chi connectivity index (χ2v) is 5.64. The first-order chi connectivity index (χ1) is 9.03. The molecule has 0 amide bonds. The molecule has 2 atom stereocenters. The number of aromatic nitrogens is 2. The third-order valence-corrected chi connectivity index (χ3v) is 3.86. The molecule has 0 spiro atoms. The Morgan fingerprint density at radius 2 is 2.11 bits per heavy atom. The van der Waals surface area contributed by atoms with E-state index in [1.165, 1.54) is 6.42 Å². The normalized spacial score (nSPS) is 21.8. The van der Waals surface area contributed by atoms with Gasteiger partial charge in [-0.3, -0.25) is 0 Å². The lowest BCUT2D eigenvalue weighted by atomic mass is 10.0. The van der Waals surface area contributed by atoms with Crippen molar-refractivity contribution in [3.8, 4) is 11.8 Å². The molecule has 0 bridgehead atoms. The first kappa shape index (κ1) is 14.1. The first-order valence-corrected chi connectivity index (χ1v) is 6.71. The van der Waals surface area contributed by atoms with E-state index < -0.39 is 0 Å². The summed E-state index contributed by atoms with van der Waals surface area (Å²) in [6.07, 6.45) is 2.85. The molecule has 106 valence electrons. The number of ether oxygens (including phenoxy) is 2. The van der Waals surface area contributed by atoms with Gasteiger partial charge in [0.1, 0.15) is 5.69 Å². The maximum Gasteiger partial charge on any atom is 0.240 e. The molecule has 19 heavy (non-hydrogen) atoms. The third kappa shape index (κ3) is 2.81. The maximum atomic E-state index is 5.37. The molecule has 0 saturated heterocycles. The van der Waals surface area contributed by atoms with Gasteiger partial charge in [-0.2, -0.15) is 4.98 Å². The molecule has 1 aromatic rings. The SMILES string of the molecule is CCNC(c1ncc(OC)nc1OC)C1CC1(C)C. The summed E-state index contributed by atoms with van der Waals surface area (Å²) in [4.78, 5) is 8.81. The van der Waals surface area contributed by atoms with Crippen LogP contribution in [0.1, 0.15) is 38.9 Å². The Kier molecular flexibility index (Phi) is 3.94. The molecule has 2 rings (SSSR count). The minimum atomic E-state index is 0.188. The average molecular weight is 265 g/mol. The molecular weight excluding hydrogens is 242 g/mol. The van der Waals surface area contributed by atoms with Crippen LogP contribution in [-0.2, 0) is 0 Å². The highest BCUT2D eigenvalue weighted by Gasteiger charge is 2.51. The lowest BCUT2D eigenvalue weighted by Gasteiger charge is -2.20. The van der Waals surface area contributed by atoms with E-state index in [2.05, 4.69) is 36.1 Å². The summed E-state index contributed by atoms with van der Waals surface area (Å²) in [5.41, 5.74) is 1.24. The Balaban J connectivity index is 2.31. The van der Waals surface area contributed by atoms with Gasteiger partial charge in [-0.25, -0.2) is 4.98 Å². The molecule has 1 aliphatic carbocycles. The second-order valence-electron chi connectivity index (χ2n) is 5.64. The van der Waals surface area contributed by atoms with Crippen LogP contribution in [0.4, 0.5) is 0 Å². The van der Waals surface area contributed by atoms with Crippen molar-refractivity contribution in [3.63, 3.8) is 0 Å². The molecule has 0 aliphatic heterocycles. The van der Waals surface area contributed by atoms with E-state index in [-0.39, 0.29) is 6.04 Å². The fraction of sp³-hybridized carbons (Fsp3) is 0.714. The number of nitrogens with one attached hydrogen (secondary N) is 1. The van der Waals surface area contributed by atoms with Crippen LogP contribution in [0.15, 0.2) is 6.20 Å². The number of methoxy groups -OCH3 is 2. The van der Waals surface area contributed by atoms with Gasteiger partial charge in [-0.05, 0) is 24.3 Å². The monoisotopic (exact) mass is 265 g/mol. The Morgan fingerprint density at radius 3 is 2.58 bits per heavy atom. The first-order valence-electron chi connectivity index (χ1n) is 6.71. The molecule has 1 heterocycles. The summed E-state index contributed by atoms with van der Waals surface area (Å²) in [6, 6.07) is 0.188. The maximum absolute atomic E-state index is 5.37. The van der Waals surface area contributed by atoms with Gasteiger partial charge in [0.25, 0.3) is 0 Å². The number of hydrogen-bond donors (Lipinski definition) is 1. The van der Waals surface area contributed by atoms with Crippen LogP contribution in [0.25, 0.3) is 0 Å². The van der Waals surface area contributed by atoms with Gasteiger partial charge in [-0.15, -0.1) is 0 Å². The smallest absolute Gasteiger partial charge is 0.240 e. The van der Waals surface area contributed by atoms with Crippen molar-refractivity contribution < 1.29 is 9.47 Å². The summed E-state index contributed by atoms with van der Waals surface area (Å²) >= 11 is 0. The van der Waals surface area contributed by atoms with Crippen LogP contribution in [0.2, 0.25) is 0 Å². The Labute approximate surface area is 114 Å². The van der Waals surface area contributed by atoms with Crippen molar-refractivity contribution in [2.24, 2.45) is 11.3 Å². The van der Waals surface area contributed by atoms with E-state index in [0.717, 1.165) is 12.2 Å². The van der Waals surface area contributed by atoms with Crippen LogP contribution in [-0.4, -0.2) is 30.7 Å². The van der Waals surface area contributed by atoms with Gasteiger partial charge in [0.15, 0.2) is 0 Å². The van der Waals surface area contributed by atoms with Crippen molar-refractivity contribution in [1.29, 1.82) is 0 Å². The molecule has 1 N–H and O–H groups in total. The predicted octanol–water partition coefficient (Wildman–Crippen LogP) is 2.19. The van der Waals surface area contributed by atoms with Crippen molar-refractivity contribution >= 4 is 0 Å². The van der Waals surface area contributed by atoms with Crippen molar-refractivity contribution in [2.75, 3.05) is 20.8 Å². The summed E-state index contributed by atoms with van der Waals surface area (Å²) < 4.78 is 10.5. The van der Waals surface area contributed by atoms with E-state index in [4.69, 9.17) is 9.47 Å². The van der Waals surface area contributed by atoms with Crippen molar-refractivity contribution in [3.05, 3.63) is 11.9 Å². The highest BCUT2D eigenvalue weighted by molar-refractivity contribution is 5.28. The van der Waals surface area contributed by atoms with Crippen LogP contribution < -0.4 is 14.8 Å². The van der Waals surface area contributed by atoms with Crippen molar-refractivity contribution in [1.82, 2.24) is 15.3 Å². The number of rotatable bonds is 6. The highest BCUT2D eigenvalue weighted by Crippen LogP contribution is 2.58. The zero-order valence-corrected chi connectivity index (χ0v) is 12.4. The topological polar surface area (TPSA) is 56.3 Å². The summed E-state index contributed by atoms with van der Waals surface area (Å²) in [7, 11) is 3.20. The zero-order valence-electron chi connectivity index (χ0n) is 12.4. The zero-order chi connectivity index (χ0) is 14.0. The minimum absolute atomic E-state index is 0.188. The van der Waals surface area contributed by atoms with E-state index >= 15 is 0 Å². The van der Waals surface area contributed by atoms with Crippen molar-refractivity contribution in [2.45, 2.75) is 33.2 Å². The van der Waals surface area contributed by atoms with Crippen LogP contribution in [0.5, 0.6) is 11.8 Å². The minimum Gasteiger partial charge on any atom is -0.480 e. The Morgan fingerprint density at radius 1 is 1.42 bits per heavy atom. The molecule has 5 heteroatoms. The lowest BCUT2D eigenvalue weighted by molar-refractivity contribution is 0.338. The van der Waals surface area contributed by atoms with E-state index in [0.29, 0.717) is 23.1 Å². The Bertz CT molecular complexity index is 448. The average Bonchev–Trinajstić information content (AvgIpc) is 3.04. The quantitative estimate of drug-likeness (QED) is 0.854. The van der Waals surface area contributed by atoms with Crippen LogP contribution in [0, 0.1) is 11.3 Å². The van der Waals surface area contributed by atoms with Crippen LogP contribution in [0.3, 0.4) is 0 Å². The molecule has 2 unspecified atom stereocenters. The van der Waals surface area contributed by atoms with Gasteiger partial charge in [0.2, 0.25) is 11.8 Å². The molecule has 1 aromatic heterocycles. The van der Waals surface area contributed by atoms with E-state index in [9.17, 15) is 0 Å². The fourth-order valence-corrected chi connectivity index (χ4v) is 2.55. The van der Waals surface area contributed by atoms with Gasteiger partial charge in [0.05, 0.1) is 26.5 Å². The van der Waals surface area contributed by atoms with Crippen LogP contribution >= 0.6 is 0 Å². The highest BCUT2D eigenvalue weighted by atomic mass is 16.5. The summed E-state index contributed by atoms with van der Waals surface area (Å²) in [6.45, 7) is 7.57. The second kappa shape index (κ2) is 5.33. The fourth-order valence-electron chi connectivity index (χ4n) is 2.55. The number of hydrogen-bond acceptors (Lipinski definition) is 5. The predicted molar refractivity (Wildman–Crippen MR) is 73.4 cm³/mol. The van der Waals surface area contributed by atoms with Gasteiger partial charge < -0.3 is 14.8 Å². The van der Waals surface area contributed by atoms with Gasteiger partial charge in [-0.1, -0.05) is 20.8 Å². The summed E-state index contributed by atoms with van der Waals surface area (Å²) in [5, 5.41) is 3.51. The molecule has 0 aromatic carbocycles. The van der Waals surface area contributed by atoms with Gasteiger partial charge >= 0.3 is 0 Å². The van der Waals surface area contributed by atoms with Gasteiger partial charge in [0, 0.05) is 0 Å². The molecule has 1 aliphatic rings. The molecule has 0 radical (unpaired) electrons. The molecule has 5 nitrogen and oxygen atoms in total. The summed E-state index contributed by atoms with van der Waals surface area (Å²) in [5.74, 6) is 1.60. The molecule has 1 saturated carbocycles. The third-order valence-electron chi connectivity index (χ3n) is 3.86. The van der Waals surface area contributed by atoms with E-state index in [1.807, 2.05) is 0 Å².